The topological polar surface area (TPSA) is 49.9 Å². The molecule has 0 N–H and O–H groups in total. The molecule has 2 heterocycles. The van der Waals surface area contributed by atoms with Crippen LogP contribution in [0.2, 0.25) is 0 Å². The number of ether oxygens (including phenoxy) is 1. The van der Waals surface area contributed by atoms with Crippen LogP contribution in [0.3, 0.4) is 0 Å². The maximum Gasteiger partial charge on any atom is 0.243 e. The summed E-state index contributed by atoms with van der Waals surface area (Å²) in [6.45, 7) is 10.8. The number of rotatable bonds is 3. The molecule has 30 heavy (non-hydrogen) atoms. The van der Waals surface area contributed by atoms with E-state index in [1.807, 2.05) is 12.1 Å². The zero-order chi connectivity index (χ0) is 21.5. The summed E-state index contributed by atoms with van der Waals surface area (Å²) in [5.74, 6) is 0. The Morgan fingerprint density at radius 1 is 1.00 bits per heavy atom. The fraction of sp³-hybridized carbons (Fsp3) is 0.500. The number of para-hydroxylation sites is 1. The SMILES string of the molecule is Cc1cccc2c1N(C1CCN(S(=O)(=O)c3ccc(C(C)(C)C)cc3)CC1)COC2. The highest BCUT2D eigenvalue weighted by atomic mass is 32.2. The minimum Gasteiger partial charge on any atom is -0.356 e. The van der Waals surface area contributed by atoms with Crippen molar-refractivity contribution < 1.29 is 13.2 Å². The summed E-state index contributed by atoms with van der Waals surface area (Å²) < 4.78 is 33.8. The number of fused-ring (bicyclic) bond motifs is 1. The first-order valence-corrected chi connectivity index (χ1v) is 12.2. The molecule has 6 heteroatoms. The van der Waals surface area contributed by atoms with Gasteiger partial charge in [0.2, 0.25) is 10.0 Å². The van der Waals surface area contributed by atoms with Gasteiger partial charge in [-0.3, -0.25) is 0 Å². The zero-order valence-electron chi connectivity index (χ0n) is 18.4. The van der Waals surface area contributed by atoms with Gasteiger partial charge in [0, 0.05) is 30.4 Å². The first-order valence-electron chi connectivity index (χ1n) is 10.7. The Morgan fingerprint density at radius 3 is 2.30 bits per heavy atom. The van der Waals surface area contributed by atoms with Crippen molar-refractivity contribution in [2.24, 2.45) is 0 Å². The van der Waals surface area contributed by atoms with Crippen LogP contribution in [0, 0.1) is 6.92 Å². The van der Waals surface area contributed by atoms with Gasteiger partial charge >= 0.3 is 0 Å². The Balaban J connectivity index is 1.48. The highest BCUT2D eigenvalue weighted by Gasteiger charge is 2.34. The summed E-state index contributed by atoms with van der Waals surface area (Å²) in [7, 11) is -3.46. The maximum atomic E-state index is 13.2. The number of anilines is 1. The van der Waals surface area contributed by atoms with Crippen LogP contribution in [0.1, 0.15) is 50.3 Å². The van der Waals surface area contributed by atoms with Crippen molar-refractivity contribution in [3.63, 3.8) is 0 Å². The molecule has 0 aromatic heterocycles. The molecule has 2 aromatic carbocycles. The van der Waals surface area contributed by atoms with Crippen molar-refractivity contribution in [2.75, 3.05) is 24.7 Å². The molecule has 5 nitrogen and oxygen atoms in total. The van der Waals surface area contributed by atoms with E-state index in [0.29, 0.717) is 37.4 Å². The van der Waals surface area contributed by atoms with Crippen LogP contribution in [-0.4, -0.2) is 38.6 Å². The van der Waals surface area contributed by atoms with E-state index in [1.165, 1.54) is 16.8 Å². The van der Waals surface area contributed by atoms with Gasteiger partial charge in [-0.05, 0) is 48.4 Å². The monoisotopic (exact) mass is 428 g/mol. The highest BCUT2D eigenvalue weighted by molar-refractivity contribution is 7.89. The van der Waals surface area contributed by atoms with E-state index in [2.05, 4.69) is 50.8 Å². The van der Waals surface area contributed by atoms with Gasteiger partial charge in [0.25, 0.3) is 0 Å². The summed E-state index contributed by atoms with van der Waals surface area (Å²) in [5.41, 5.74) is 4.88. The van der Waals surface area contributed by atoms with E-state index < -0.39 is 10.0 Å². The smallest absolute Gasteiger partial charge is 0.243 e. The Labute approximate surface area is 180 Å². The summed E-state index contributed by atoms with van der Waals surface area (Å²) in [6.07, 6.45) is 1.60. The molecule has 0 radical (unpaired) electrons. The molecule has 2 aliphatic rings. The van der Waals surface area contributed by atoms with Crippen LogP contribution in [0.4, 0.5) is 5.69 Å². The molecule has 0 spiro atoms. The Kier molecular flexibility index (Phi) is 5.68. The molecule has 0 bridgehead atoms. The van der Waals surface area contributed by atoms with Crippen LogP contribution in [0.15, 0.2) is 47.4 Å². The van der Waals surface area contributed by atoms with Crippen LogP contribution < -0.4 is 4.90 Å². The largest absolute Gasteiger partial charge is 0.356 e. The van der Waals surface area contributed by atoms with E-state index in [0.717, 1.165) is 18.4 Å². The molecule has 1 saturated heterocycles. The minimum atomic E-state index is -3.46. The fourth-order valence-electron chi connectivity index (χ4n) is 4.52. The van der Waals surface area contributed by atoms with Crippen LogP contribution in [0.25, 0.3) is 0 Å². The first-order chi connectivity index (χ1) is 14.2. The van der Waals surface area contributed by atoms with Gasteiger partial charge in [-0.25, -0.2) is 8.42 Å². The first kappa shape index (κ1) is 21.3. The third-order valence-electron chi connectivity index (χ3n) is 6.32. The summed E-state index contributed by atoms with van der Waals surface area (Å²) in [5, 5.41) is 0. The second kappa shape index (κ2) is 7.98. The predicted molar refractivity (Wildman–Crippen MR) is 120 cm³/mol. The number of hydrogen-bond acceptors (Lipinski definition) is 4. The number of hydrogen-bond donors (Lipinski definition) is 0. The van der Waals surface area contributed by atoms with Gasteiger partial charge < -0.3 is 9.64 Å². The number of aryl methyl sites for hydroxylation is 1. The zero-order valence-corrected chi connectivity index (χ0v) is 19.2. The van der Waals surface area contributed by atoms with Gasteiger partial charge in [-0.15, -0.1) is 0 Å². The minimum absolute atomic E-state index is 0.00553. The molecule has 0 aliphatic carbocycles. The van der Waals surface area contributed by atoms with Crippen molar-refractivity contribution in [3.05, 3.63) is 59.2 Å². The van der Waals surface area contributed by atoms with Gasteiger partial charge in [0.15, 0.2) is 0 Å². The molecule has 2 aromatic rings. The number of piperidine rings is 1. The lowest BCUT2D eigenvalue weighted by Gasteiger charge is -2.42. The Morgan fingerprint density at radius 2 is 1.67 bits per heavy atom. The number of sulfonamides is 1. The average Bonchev–Trinajstić information content (AvgIpc) is 2.73. The molecule has 0 saturated carbocycles. The summed E-state index contributed by atoms with van der Waals surface area (Å²) in [6, 6.07) is 14.0. The van der Waals surface area contributed by atoms with Crippen molar-refractivity contribution in [3.8, 4) is 0 Å². The van der Waals surface area contributed by atoms with Crippen LogP contribution in [0.5, 0.6) is 0 Å². The van der Waals surface area contributed by atoms with Gasteiger partial charge in [0.05, 0.1) is 11.5 Å². The summed E-state index contributed by atoms with van der Waals surface area (Å²) >= 11 is 0. The maximum absolute atomic E-state index is 13.2. The lowest BCUT2D eigenvalue weighted by molar-refractivity contribution is 0.0986. The quantitative estimate of drug-likeness (QED) is 0.725. The average molecular weight is 429 g/mol. The lowest BCUT2D eigenvalue weighted by Crippen LogP contribution is -2.48. The molecule has 0 unspecified atom stereocenters. The standard InChI is InChI=1S/C24H32N2O3S/c1-18-6-5-7-19-16-29-17-26(23(18)19)21-12-14-25(15-13-21)30(27,28)22-10-8-20(9-11-22)24(2,3)4/h5-11,21H,12-17H2,1-4H3. The Hall–Kier alpha value is -1.89. The van der Waals surface area contributed by atoms with E-state index in [1.54, 1.807) is 16.4 Å². The van der Waals surface area contributed by atoms with Gasteiger partial charge in [0.1, 0.15) is 6.73 Å². The molecule has 0 amide bonds. The molecular formula is C24H32N2O3S. The van der Waals surface area contributed by atoms with E-state index >= 15 is 0 Å². The second-order valence-corrected chi connectivity index (χ2v) is 11.4. The van der Waals surface area contributed by atoms with Gasteiger partial charge in [-0.2, -0.15) is 4.31 Å². The number of benzene rings is 2. The molecule has 1 fully saturated rings. The van der Waals surface area contributed by atoms with E-state index in [9.17, 15) is 8.42 Å². The molecular weight excluding hydrogens is 396 g/mol. The Bertz CT molecular complexity index is 1000. The van der Waals surface area contributed by atoms with Crippen LogP contribution >= 0.6 is 0 Å². The lowest BCUT2D eigenvalue weighted by atomic mass is 9.87. The third kappa shape index (κ3) is 4.01. The molecule has 4 rings (SSSR count). The molecule has 2 aliphatic heterocycles. The molecule has 0 atom stereocenters. The highest BCUT2D eigenvalue weighted by Crippen LogP contribution is 2.34. The van der Waals surface area contributed by atoms with Crippen molar-refractivity contribution >= 4 is 15.7 Å². The predicted octanol–water partition coefficient (Wildman–Crippen LogP) is 4.44. The summed E-state index contributed by atoms with van der Waals surface area (Å²) in [4.78, 5) is 2.72. The van der Waals surface area contributed by atoms with Crippen molar-refractivity contribution in [2.45, 2.75) is 63.5 Å². The number of nitrogens with zero attached hydrogens (tertiary/aromatic N) is 2. The van der Waals surface area contributed by atoms with Crippen LogP contribution in [-0.2, 0) is 26.8 Å². The fourth-order valence-corrected chi connectivity index (χ4v) is 5.99. The van der Waals surface area contributed by atoms with Gasteiger partial charge in [-0.1, -0.05) is 51.1 Å². The third-order valence-corrected chi connectivity index (χ3v) is 8.23. The normalized spacial score (nSPS) is 19.0. The van der Waals surface area contributed by atoms with E-state index in [4.69, 9.17) is 4.74 Å². The van der Waals surface area contributed by atoms with E-state index in [-0.39, 0.29) is 5.41 Å². The second-order valence-electron chi connectivity index (χ2n) is 9.44. The van der Waals surface area contributed by atoms with Crippen molar-refractivity contribution in [1.29, 1.82) is 0 Å². The molecule has 162 valence electrons. The van der Waals surface area contributed by atoms with Crippen molar-refractivity contribution in [1.82, 2.24) is 4.31 Å².